The van der Waals surface area contributed by atoms with Gasteiger partial charge in [0, 0.05) is 7.05 Å². The Bertz CT molecular complexity index is 274. The Morgan fingerprint density at radius 3 is 2.93 bits per heavy atom. The molecule has 86 valence electrons. The Balaban J connectivity index is 2.19. The van der Waals surface area contributed by atoms with E-state index in [1.807, 2.05) is 23.4 Å². The number of nitrogens with one attached hydrogen (secondary N) is 1. The molecule has 0 spiro atoms. The van der Waals surface area contributed by atoms with E-state index in [4.69, 9.17) is 0 Å². The summed E-state index contributed by atoms with van der Waals surface area (Å²) in [5.74, 6) is 2.25. The van der Waals surface area contributed by atoms with Crippen molar-refractivity contribution < 1.29 is 0 Å². The third kappa shape index (κ3) is 4.22. The first-order chi connectivity index (χ1) is 7.25. The van der Waals surface area contributed by atoms with Crippen molar-refractivity contribution >= 4 is 11.8 Å². The second kappa shape index (κ2) is 6.85. The van der Waals surface area contributed by atoms with Gasteiger partial charge in [0.15, 0.2) is 0 Å². The van der Waals surface area contributed by atoms with Gasteiger partial charge in [-0.25, -0.2) is 0 Å². The minimum Gasteiger partial charge on any atom is -0.319 e. The van der Waals surface area contributed by atoms with E-state index in [0.29, 0.717) is 0 Å². The molecule has 0 radical (unpaired) electrons. The Labute approximate surface area is 95.9 Å². The molecule has 0 fully saturated rings. The molecule has 0 amide bonds. The zero-order chi connectivity index (χ0) is 11.1. The Morgan fingerprint density at radius 2 is 2.33 bits per heavy atom. The van der Waals surface area contributed by atoms with Crippen LogP contribution in [-0.4, -0.2) is 33.3 Å². The molecule has 1 aromatic rings. The highest BCUT2D eigenvalue weighted by Gasteiger charge is 2.09. The van der Waals surface area contributed by atoms with Gasteiger partial charge in [-0.2, -0.15) is 11.8 Å². The molecule has 0 saturated carbocycles. The van der Waals surface area contributed by atoms with E-state index >= 15 is 0 Å². The van der Waals surface area contributed by atoms with E-state index in [2.05, 4.69) is 28.7 Å². The molecule has 0 saturated heterocycles. The van der Waals surface area contributed by atoms with Crippen LogP contribution >= 0.6 is 11.8 Å². The summed E-state index contributed by atoms with van der Waals surface area (Å²) in [6.07, 6.45) is 6.39. The molecule has 0 aliphatic heterocycles. The molecule has 1 atom stereocenters. The fraction of sp³-hybridized carbons (Fsp3) is 0.800. The lowest BCUT2D eigenvalue weighted by atomic mass is 10.3. The van der Waals surface area contributed by atoms with Gasteiger partial charge in [0.25, 0.3) is 0 Å². The Morgan fingerprint density at radius 1 is 1.53 bits per heavy atom. The zero-order valence-electron chi connectivity index (χ0n) is 9.73. The lowest BCUT2D eigenvalue weighted by molar-refractivity contribution is 0.517. The van der Waals surface area contributed by atoms with Crippen LogP contribution in [0.15, 0.2) is 6.33 Å². The number of aromatic nitrogens is 3. The van der Waals surface area contributed by atoms with Crippen LogP contribution in [0.25, 0.3) is 0 Å². The minimum absolute atomic E-state index is 0.284. The minimum atomic E-state index is 0.284. The van der Waals surface area contributed by atoms with Crippen LogP contribution in [0.1, 0.15) is 31.6 Å². The van der Waals surface area contributed by atoms with E-state index in [0.717, 1.165) is 12.4 Å². The first-order valence-electron chi connectivity index (χ1n) is 5.32. The predicted molar refractivity (Wildman–Crippen MR) is 65.0 cm³/mol. The van der Waals surface area contributed by atoms with Gasteiger partial charge in [-0.3, -0.25) is 0 Å². The SMILES string of the molecule is CSCCCCNC(C)c1nncn1C. The van der Waals surface area contributed by atoms with Gasteiger partial charge in [0.2, 0.25) is 0 Å². The molecule has 1 aromatic heterocycles. The molecule has 4 nitrogen and oxygen atoms in total. The van der Waals surface area contributed by atoms with Crippen molar-refractivity contribution in [2.45, 2.75) is 25.8 Å². The van der Waals surface area contributed by atoms with Crippen LogP contribution in [0.2, 0.25) is 0 Å². The highest BCUT2D eigenvalue weighted by Crippen LogP contribution is 2.07. The smallest absolute Gasteiger partial charge is 0.149 e. The van der Waals surface area contributed by atoms with Crippen LogP contribution < -0.4 is 5.32 Å². The van der Waals surface area contributed by atoms with Crippen molar-refractivity contribution in [2.24, 2.45) is 7.05 Å². The molecular formula is C10H20N4S. The number of aryl methyl sites for hydroxylation is 1. The number of unbranched alkanes of at least 4 members (excludes halogenated alkanes) is 1. The van der Waals surface area contributed by atoms with Crippen molar-refractivity contribution in [2.75, 3.05) is 18.6 Å². The standard InChI is InChI=1S/C10H20N4S/c1-9(10-13-12-8-14(10)2)11-6-4-5-7-15-3/h8-9,11H,4-7H2,1-3H3. The highest BCUT2D eigenvalue weighted by atomic mass is 32.2. The van der Waals surface area contributed by atoms with Gasteiger partial charge in [0.05, 0.1) is 6.04 Å². The van der Waals surface area contributed by atoms with Crippen LogP contribution in [-0.2, 0) is 7.05 Å². The van der Waals surface area contributed by atoms with E-state index in [9.17, 15) is 0 Å². The van der Waals surface area contributed by atoms with Crippen molar-refractivity contribution in [1.82, 2.24) is 20.1 Å². The maximum absolute atomic E-state index is 4.08. The van der Waals surface area contributed by atoms with Gasteiger partial charge < -0.3 is 9.88 Å². The van der Waals surface area contributed by atoms with Crippen LogP contribution in [0.5, 0.6) is 0 Å². The number of hydrogen-bond donors (Lipinski definition) is 1. The number of hydrogen-bond acceptors (Lipinski definition) is 4. The van der Waals surface area contributed by atoms with Gasteiger partial charge in [-0.05, 0) is 38.3 Å². The largest absolute Gasteiger partial charge is 0.319 e. The average Bonchev–Trinajstić information content (AvgIpc) is 2.64. The van der Waals surface area contributed by atoms with E-state index in [1.165, 1.54) is 18.6 Å². The van der Waals surface area contributed by atoms with E-state index in [1.54, 1.807) is 6.33 Å². The summed E-state index contributed by atoms with van der Waals surface area (Å²) in [5.41, 5.74) is 0. The Kier molecular flexibility index (Phi) is 5.71. The highest BCUT2D eigenvalue weighted by molar-refractivity contribution is 7.98. The van der Waals surface area contributed by atoms with Crippen LogP contribution in [0.4, 0.5) is 0 Å². The van der Waals surface area contributed by atoms with Gasteiger partial charge in [-0.1, -0.05) is 0 Å². The zero-order valence-corrected chi connectivity index (χ0v) is 10.5. The maximum atomic E-state index is 4.08. The summed E-state index contributed by atoms with van der Waals surface area (Å²) >= 11 is 1.91. The molecule has 5 heteroatoms. The Hall–Kier alpha value is -0.550. The summed E-state index contributed by atoms with van der Waals surface area (Å²) < 4.78 is 1.96. The molecule has 0 aliphatic carbocycles. The van der Waals surface area contributed by atoms with E-state index in [-0.39, 0.29) is 6.04 Å². The second-order valence-corrected chi connectivity index (χ2v) is 4.66. The summed E-state index contributed by atoms with van der Waals surface area (Å²) in [6.45, 7) is 3.17. The topological polar surface area (TPSA) is 42.7 Å². The van der Waals surface area contributed by atoms with Crippen molar-refractivity contribution in [3.05, 3.63) is 12.2 Å². The van der Waals surface area contributed by atoms with Crippen molar-refractivity contribution in [3.8, 4) is 0 Å². The monoisotopic (exact) mass is 228 g/mol. The number of rotatable bonds is 7. The fourth-order valence-electron chi connectivity index (χ4n) is 1.47. The normalized spacial score (nSPS) is 13.0. The third-order valence-corrected chi connectivity index (χ3v) is 3.06. The third-order valence-electron chi connectivity index (χ3n) is 2.36. The summed E-state index contributed by atoms with van der Waals surface area (Å²) in [7, 11) is 1.97. The van der Waals surface area contributed by atoms with Gasteiger partial charge in [-0.15, -0.1) is 10.2 Å². The summed E-state index contributed by atoms with van der Waals surface area (Å²) in [4.78, 5) is 0. The molecule has 0 aromatic carbocycles. The maximum Gasteiger partial charge on any atom is 0.149 e. The van der Waals surface area contributed by atoms with Gasteiger partial charge >= 0.3 is 0 Å². The molecule has 0 aliphatic rings. The first-order valence-corrected chi connectivity index (χ1v) is 6.71. The summed E-state index contributed by atoms with van der Waals surface area (Å²) in [5, 5.41) is 11.4. The molecule has 1 unspecified atom stereocenters. The van der Waals surface area contributed by atoms with E-state index < -0.39 is 0 Å². The van der Waals surface area contributed by atoms with Crippen LogP contribution in [0.3, 0.4) is 0 Å². The lowest BCUT2D eigenvalue weighted by Gasteiger charge is -2.12. The molecule has 1 N–H and O–H groups in total. The van der Waals surface area contributed by atoms with Crippen molar-refractivity contribution in [1.29, 1.82) is 0 Å². The average molecular weight is 228 g/mol. The predicted octanol–water partition coefficient (Wildman–Crippen LogP) is 1.61. The molecular weight excluding hydrogens is 208 g/mol. The summed E-state index contributed by atoms with van der Waals surface area (Å²) in [6, 6.07) is 0.284. The number of nitrogens with zero attached hydrogens (tertiary/aromatic N) is 3. The van der Waals surface area contributed by atoms with Crippen molar-refractivity contribution in [3.63, 3.8) is 0 Å². The molecule has 15 heavy (non-hydrogen) atoms. The fourth-order valence-corrected chi connectivity index (χ4v) is 1.96. The number of thioether (sulfide) groups is 1. The quantitative estimate of drug-likeness (QED) is 0.720. The molecule has 0 bridgehead atoms. The van der Waals surface area contributed by atoms with Crippen LogP contribution in [0, 0.1) is 0 Å². The molecule has 1 heterocycles. The lowest BCUT2D eigenvalue weighted by Crippen LogP contribution is -2.22. The second-order valence-electron chi connectivity index (χ2n) is 3.68. The van der Waals surface area contributed by atoms with Gasteiger partial charge in [0.1, 0.15) is 12.2 Å². The first kappa shape index (κ1) is 12.5. The molecule has 1 rings (SSSR count).